The van der Waals surface area contributed by atoms with E-state index < -0.39 is 29.5 Å². The van der Waals surface area contributed by atoms with E-state index in [9.17, 15) is 27.2 Å². The van der Waals surface area contributed by atoms with Crippen LogP contribution in [0.3, 0.4) is 0 Å². The Balaban J connectivity index is 1.56. The Morgan fingerprint density at radius 2 is 1.85 bits per heavy atom. The molecule has 1 aliphatic rings. The maximum absolute atomic E-state index is 13.8. The Bertz CT molecular complexity index is 1600. The van der Waals surface area contributed by atoms with E-state index in [0.717, 1.165) is 6.07 Å². The molecule has 1 amide bonds. The van der Waals surface area contributed by atoms with E-state index in [2.05, 4.69) is 5.32 Å². The number of carbonyl (C=O) groups excluding carboxylic acids is 1. The fourth-order valence-corrected chi connectivity index (χ4v) is 4.89. The molecule has 7 nitrogen and oxygen atoms in total. The first-order valence-electron chi connectivity index (χ1n) is 12.8. The molecule has 2 heterocycles. The lowest BCUT2D eigenvalue weighted by atomic mass is 10.0. The molecule has 5 rings (SSSR count). The molecule has 11 heteroatoms. The number of carbonyl (C=O) groups is 1. The quantitative estimate of drug-likeness (QED) is 0.351. The number of benzene rings is 3. The number of aromatic nitrogens is 2. The number of nitrogens with zero attached hydrogens (tertiary/aromatic N) is 3. The van der Waals surface area contributed by atoms with Crippen LogP contribution in [0.2, 0.25) is 0 Å². The first-order valence-corrected chi connectivity index (χ1v) is 12.8. The summed E-state index contributed by atoms with van der Waals surface area (Å²) in [4.78, 5) is 33.6. The van der Waals surface area contributed by atoms with Crippen LogP contribution in [0.5, 0.6) is 5.75 Å². The van der Waals surface area contributed by atoms with Crippen molar-refractivity contribution < 1.29 is 27.1 Å². The molecule has 0 aliphatic carbocycles. The highest BCUT2D eigenvalue weighted by Crippen LogP contribution is 2.32. The zero-order valence-corrected chi connectivity index (χ0v) is 21.5. The highest BCUT2D eigenvalue weighted by Gasteiger charge is 2.35. The van der Waals surface area contributed by atoms with Gasteiger partial charge in [-0.15, -0.1) is 0 Å². The van der Waals surface area contributed by atoms with Crippen molar-refractivity contribution in [1.82, 2.24) is 19.8 Å². The van der Waals surface area contributed by atoms with Crippen LogP contribution >= 0.6 is 0 Å². The maximum Gasteiger partial charge on any atom is 0.419 e. The summed E-state index contributed by atoms with van der Waals surface area (Å²) < 4.78 is 60.5. The minimum atomic E-state index is -4.89. The molecule has 3 aromatic carbocycles. The van der Waals surface area contributed by atoms with E-state index in [-0.39, 0.29) is 30.6 Å². The summed E-state index contributed by atoms with van der Waals surface area (Å²) in [6.45, 7) is 3.29. The van der Waals surface area contributed by atoms with Crippen LogP contribution in [0.25, 0.3) is 16.6 Å². The number of nitrogens with one attached hydrogen (secondary N) is 1. The number of alkyl halides is 3. The number of rotatable bonds is 6. The third-order valence-electron chi connectivity index (χ3n) is 6.76. The summed E-state index contributed by atoms with van der Waals surface area (Å²) in [5.41, 5.74) is -0.735. The van der Waals surface area contributed by atoms with E-state index in [0.29, 0.717) is 47.4 Å². The standard InChI is InChI=1S/C29H26F4N4O3/c1-2-40-20-10-8-19(9-11-20)37-27(35-24-6-4-3-5-21(24)28(37)39)25-17-34-13-14-36(25)26(38)16-18-7-12-23(30)22(15-18)29(31,32)33/h3-12,15,25,34H,2,13-14,16-17H2,1H3. The summed E-state index contributed by atoms with van der Waals surface area (Å²) in [6, 6.07) is 15.7. The summed E-state index contributed by atoms with van der Waals surface area (Å²) in [6.07, 6.45) is -5.26. The minimum absolute atomic E-state index is 0.0337. The normalized spacial score (nSPS) is 15.8. The highest BCUT2D eigenvalue weighted by atomic mass is 19.4. The Morgan fingerprint density at radius 3 is 2.58 bits per heavy atom. The molecule has 1 unspecified atom stereocenters. The molecule has 0 saturated carbocycles. The number of piperazine rings is 1. The van der Waals surface area contributed by atoms with Gasteiger partial charge in [-0.3, -0.25) is 14.2 Å². The van der Waals surface area contributed by atoms with E-state index >= 15 is 0 Å². The second kappa shape index (κ2) is 11.1. The maximum atomic E-state index is 13.8. The van der Waals surface area contributed by atoms with Crippen molar-refractivity contribution >= 4 is 16.8 Å². The van der Waals surface area contributed by atoms with Crippen molar-refractivity contribution in [3.63, 3.8) is 0 Å². The SMILES string of the molecule is CCOc1ccc(-n2c(C3CNCCN3C(=O)Cc3ccc(F)c(C(F)(F)F)c3)nc3ccccc3c2=O)cc1. The van der Waals surface area contributed by atoms with Crippen LogP contribution in [0, 0.1) is 5.82 Å². The fourth-order valence-electron chi connectivity index (χ4n) is 4.89. The van der Waals surface area contributed by atoms with Crippen LogP contribution in [0.15, 0.2) is 71.5 Å². The third-order valence-corrected chi connectivity index (χ3v) is 6.76. The monoisotopic (exact) mass is 554 g/mol. The van der Waals surface area contributed by atoms with Crippen molar-refractivity contribution in [2.45, 2.75) is 25.6 Å². The fraction of sp³-hybridized carbons (Fsp3) is 0.276. The largest absolute Gasteiger partial charge is 0.494 e. The summed E-state index contributed by atoms with van der Waals surface area (Å²) >= 11 is 0. The first-order chi connectivity index (χ1) is 19.2. The molecular weight excluding hydrogens is 528 g/mol. The van der Waals surface area contributed by atoms with Crippen molar-refractivity contribution in [3.8, 4) is 11.4 Å². The minimum Gasteiger partial charge on any atom is -0.494 e. The highest BCUT2D eigenvalue weighted by molar-refractivity contribution is 5.80. The van der Waals surface area contributed by atoms with Gasteiger partial charge in [0.15, 0.2) is 0 Å². The Labute approximate surface area is 227 Å². The molecule has 1 atom stereocenters. The van der Waals surface area contributed by atoms with Crippen LogP contribution in [0.1, 0.15) is 29.9 Å². The van der Waals surface area contributed by atoms with E-state index in [1.807, 2.05) is 6.92 Å². The number of fused-ring (bicyclic) bond motifs is 1. The van der Waals surface area contributed by atoms with Gasteiger partial charge < -0.3 is 15.0 Å². The van der Waals surface area contributed by atoms with Gasteiger partial charge in [0.1, 0.15) is 23.4 Å². The predicted molar refractivity (Wildman–Crippen MR) is 141 cm³/mol. The molecular formula is C29H26F4N4O3. The zero-order chi connectivity index (χ0) is 28.4. The number of hydrogen-bond donors (Lipinski definition) is 1. The van der Waals surface area contributed by atoms with Crippen molar-refractivity contribution in [1.29, 1.82) is 0 Å². The molecule has 40 heavy (non-hydrogen) atoms. The number of ether oxygens (including phenoxy) is 1. The van der Waals surface area contributed by atoms with E-state index in [1.54, 1.807) is 48.5 Å². The van der Waals surface area contributed by atoms with Crippen LogP contribution in [-0.2, 0) is 17.4 Å². The van der Waals surface area contributed by atoms with Gasteiger partial charge in [0.05, 0.1) is 35.2 Å². The Hall–Kier alpha value is -4.25. The Morgan fingerprint density at radius 1 is 1.10 bits per heavy atom. The number of amides is 1. The molecule has 0 radical (unpaired) electrons. The van der Waals surface area contributed by atoms with Crippen LogP contribution in [0.4, 0.5) is 17.6 Å². The average Bonchev–Trinajstić information content (AvgIpc) is 2.94. The molecule has 0 bridgehead atoms. The lowest BCUT2D eigenvalue weighted by Gasteiger charge is -2.37. The van der Waals surface area contributed by atoms with Crippen LogP contribution < -0.4 is 15.6 Å². The van der Waals surface area contributed by atoms with Gasteiger partial charge in [0.2, 0.25) is 5.91 Å². The molecule has 1 saturated heterocycles. The molecule has 1 N–H and O–H groups in total. The summed E-state index contributed by atoms with van der Waals surface area (Å²) in [5.74, 6) is -0.929. The smallest absolute Gasteiger partial charge is 0.419 e. The van der Waals surface area contributed by atoms with Gasteiger partial charge in [0, 0.05) is 19.6 Å². The first kappa shape index (κ1) is 27.3. The lowest BCUT2D eigenvalue weighted by Crippen LogP contribution is -2.50. The van der Waals surface area contributed by atoms with Gasteiger partial charge in [-0.25, -0.2) is 9.37 Å². The van der Waals surface area contributed by atoms with Gasteiger partial charge in [-0.05, 0) is 61.0 Å². The van der Waals surface area contributed by atoms with E-state index in [1.165, 1.54) is 15.5 Å². The lowest BCUT2D eigenvalue weighted by molar-refractivity contribution is -0.140. The van der Waals surface area contributed by atoms with Crippen molar-refractivity contribution in [2.24, 2.45) is 0 Å². The van der Waals surface area contributed by atoms with E-state index in [4.69, 9.17) is 9.72 Å². The third kappa shape index (κ3) is 5.42. The van der Waals surface area contributed by atoms with Crippen LogP contribution in [-0.4, -0.2) is 46.6 Å². The number of halogens is 4. The van der Waals surface area contributed by atoms with Gasteiger partial charge in [0.25, 0.3) is 5.56 Å². The average molecular weight is 555 g/mol. The molecule has 0 spiro atoms. The van der Waals surface area contributed by atoms with Gasteiger partial charge in [-0.2, -0.15) is 13.2 Å². The summed E-state index contributed by atoms with van der Waals surface area (Å²) in [7, 11) is 0. The van der Waals surface area contributed by atoms with Crippen molar-refractivity contribution in [2.75, 3.05) is 26.2 Å². The number of para-hydroxylation sites is 1. The molecule has 4 aromatic rings. The van der Waals surface area contributed by atoms with Gasteiger partial charge in [-0.1, -0.05) is 18.2 Å². The van der Waals surface area contributed by atoms with Crippen molar-refractivity contribution in [3.05, 3.63) is 99.9 Å². The summed E-state index contributed by atoms with van der Waals surface area (Å²) in [5, 5.41) is 3.62. The molecule has 1 fully saturated rings. The van der Waals surface area contributed by atoms with Gasteiger partial charge >= 0.3 is 6.18 Å². The topological polar surface area (TPSA) is 76.5 Å². The second-order valence-electron chi connectivity index (χ2n) is 9.35. The zero-order valence-electron chi connectivity index (χ0n) is 21.5. The predicted octanol–water partition coefficient (Wildman–Crippen LogP) is 4.66. The molecule has 208 valence electrons. The number of hydrogen-bond acceptors (Lipinski definition) is 5. The second-order valence-corrected chi connectivity index (χ2v) is 9.35. The molecule has 1 aromatic heterocycles. The molecule has 1 aliphatic heterocycles. The Kier molecular flexibility index (Phi) is 7.57.